The van der Waals surface area contributed by atoms with Crippen LogP contribution in [0.5, 0.6) is 0 Å². The number of benzene rings is 1. The molecule has 0 aliphatic carbocycles. The molecule has 2 aliphatic heterocycles. The van der Waals surface area contributed by atoms with Gasteiger partial charge in [-0.2, -0.15) is 5.26 Å². The minimum atomic E-state index is -0.326. The van der Waals surface area contributed by atoms with Gasteiger partial charge in [-0.3, -0.25) is 14.6 Å². The molecule has 1 amide bonds. The molecule has 0 spiro atoms. The summed E-state index contributed by atoms with van der Waals surface area (Å²) in [7, 11) is 0. The van der Waals surface area contributed by atoms with Crippen LogP contribution in [-0.2, 0) is 16.1 Å². The Balaban J connectivity index is 1.49. The number of ether oxygens (including phenoxy) is 1. The number of halogens is 1. The Morgan fingerprint density at radius 3 is 2.52 bits per heavy atom. The van der Waals surface area contributed by atoms with Crippen molar-refractivity contribution in [2.24, 2.45) is 0 Å². The van der Waals surface area contributed by atoms with Gasteiger partial charge < -0.3 is 9.64 Å². The van der Waals surface area contributed by atoms with Gasteiger partial charge in [-0.1, -0.05) is 0 Å². The minimum absolute atomic E-state index is 0.157. The molecule has 2 heterocycles. The van der Waals surface area contributed by atoms with E-state index in [-0.39, 0.29) is 11.7 Å². The summed E-state index contributed by atoms with van der Waals surface area (Å²) in [5.41, 5.74) is 1.21. The van der Waals surface area contributed by atoms with Crippen molar-refractivity contribution in [1.82, 2.24) is 14.7 Å². The van der Waals surface area contributed by atoms with E-state index < -0.39 is 0 Å². The monoisotopic (exact) mass is 346 g/mol. The zero-order chi connectivity index (χ0) is 17.6. The number of morpholine rings is 1. The molecule has 7 heteroatoms. The van der Waals surface area contributed by atoms with E-state index in [2.05, 4.69) is 15.9 Å². The summed E-state index contributed by atoms with van der Waals surface area (Å²) in [6, 6.07) is 6.37. The SMILES string of the molecule is N#Cc1ccc(F)cc1CN1CCN(C(=O)CN2CCOCC2)CC1. The molecule has 2 aliphatic rings. The summed E-state index contributed by atoms with van der Waals surface area (Å²) in [4.78, 5) is 18.6. The Morgan fingerprint density at radius 1 is 1.12 bits per heavy atom. The molecular weight excluding hydrogens is 323 g/mol. The van der Waals surface area contributed by atoms with E-state index in [1.165, 1.54) is 18.2 Å². The number of hydrogen-bond acceptors (Lipinski definition) is 5. The van der Waals surface area contributed by atoms with Crippen molar-refractivity contribution in [3.63, 3.8) is 0 Å². The predicted octanol–water partition coefficient (Wildman–Crippen LogP) is 0.674. The maximum Gasteiger partial charge on any atom is 0.236 e. The lowest BCUT2D eigenvalue weighted by molar-refractivity contribution is -0.135. The normalized spacial score (nSPS) is 19.6. The lowest BCUT2D eigenvalue weighted by Gasteiger charge is -2.36. The molecule has 0 N–H and O–H groups in total. The maximum absolute atomic E-state index is 13.4. The van der Waals surface area contributed by atoms with Crippen LogP contribution in [0.2, 0.25) is 0 Å². The molecule has 0 bridgehead atoms. The van der Waals surface area contributed by atoms with Gasteiger partial charge in [0, 0.05) is 45.8 Å². The van der Waals surface area contributed by atoms with Gasteiger partial charge in [0.15, 0.2) is 0 Å². The Hall–Kier alpha value is -2.01. The molecule has 6 nitrogen and oxygen atoms in total. The van der Waals surface area contributed by atoms with Crippen LogP contribution in [0.3, 0.4) is 0 Å². The highest BCUT2D eigenvalue weighted by molar-refractivity contribution is 5.78. The first-order valence-corrected chi connectivity index (χ1v) is 8.64. The third kappa shape index (κ3) is 4.75. The standard InChI is InChI=1S/C18H23FN4O2/c19-17-2-1-15(12-20)16(11-17)13-21-3-5-23(6-4-21)18(24)14-22-7-9-25-10-8-22/h1-2,11H,3-10,13-14H2. The fourth-order valence-electron chi connectivity index (χ4n) is 3.25. The van der Waals surface area contributed by atoms with Crippen LogP contribution < -0.4 is 0 Å². The molecule has 1 aromatic carbocycles. The summed E-state index contributed by atoms with van der Waals surface area (Å²) < 4.78 is 18.7. The highest BCUT2D eigenvalue weighted by Gasteiger charge is 2.24. The van der Waals surface area contributed by atoms with Crippen LogP contribution in [0.4, 0.5) is 4.39 Å². The van der Waals surface area contributed by atoms with Crippen LogP contribution in [0.25, 0.3) is 0 Å². The van der Waals surface area contributed by atoms with E-state index in [1.807, 2.05) is 4.90 Å². The van der Waals surface area contributed by atoms with Crippen molar-refractivity contribution in [3.8, 4) is 6.07 Å². The highest BCUT2D eigenvalue weighted by atomic mass is 19.1. The van der Waals surface area contributed by atoms with Gasteiger partial charge in [0.2, 0.25) is 5.91 Å². The third-order valence-corrected chi connectivity index (χ3v) is 4.77. The first kappa shape index (κ1) is 17.8. The Bertz CT molecular complexity index is 647. The number of piperazine rings is 1. The molecular formula is C18H23FN4O2. The largest absolute Gasteiger partial charge is 0.379 e. The van der Waals surface area contributed by atoms with Crippen molar-refractivity contribution in [3.05, 3.63) is 35.1 Å². The Kier molecular flexibility index (Phi) is 5.97. The second kappa shape index (κ2) is 8.39. The Labute approximate surface area is 147 Å². The fourth-order valence-corrected chi connectivity index (χ4v) is 3.25. The van der Waals surface area contributed by atoms with Crippen molar-refractivity contribution in [1.29, 1.82) is 5.26 Å². The van der Waals surface area contributed by atoms with Crippen molar-refractivity contribution in [2.45, 2.75) is 6.54 Å². The van der Waals surface area contributed by atoms with E-state index in [0.29, 0.717) is 50.5 Å². The van der Waals surface area contributed by atoms with Crippen LogP contribution in [-0.4, -0.2) is 79.6 Å². The van der Waals surface area contributed by atoms with E-state index in [9.17, 15) is 9.18 Å². The quantitative estimate of drug-likeness (QED) is 0.802. The third-order valence-electron chi connectivity index (χ3n) is 4.77. The van der Waals surface area contributed by atoms with Gasteiger partial charge in [0.05, 0.1) is 31.4 Å². The number of hydrogen-bond donors (Lipinski definition) is 0. The van der Waals surface area contributed by atoms with E-state index >= 15 is 0 Å². The smallest absolute Gasteiger partial charge is 0.236 e. The van der Waals surface area contributed by atoms with Crippen LogP contribution in [0, 0.1) is 17.1 Å². The summed E-state index contributed by atoms with van der Waals surface area (Å²) >= 11 is 0. The van der Waals surface area contributed by atoms with Crippen LogP contribution in [0.1, 0.15) is 11.1 Å². The zero-order valence-corrected chi connectivity index (χ0v) is 14.3. The van der Waals surface area contributed by atoms with Gasteiger partial charge >= 0.3 is 0 Å². The van der Waals surface area contributed by atoms with Gasteiger partial charge in [-0.15, -0.1) is 0 Å². The second-order valence-corrected chi connectivity index (χ2v) is 6.46. The molecule has 0 aromatic heterocycles. The molecule has 0 saturated carbocycles. The predicted molar refractivity (Wildman–Crippen MR) is 90.2 cm³/mol. The summed E-state index contributed by atoms with van der Waals surface area (Å²) in [6.45, 7) is 6.78. The molecule has 2 saturated heterocycles. The lowest BCUT2D eigenvalue weighted by Crippen LogP contribution is -2.52. The fraction of sp³-hybridized carbons (Fsp3) is 0.556. The number of rotatable bonds is 4. The van der Waals surface area contributed by atoms with Gasteiger partial charge in [0.25, 0.3) is 0 Å². The lowest BCUT2D eigenvalue weighted by atomic mass is 10.1. The maximum atomic E-state index is 13.4. The average molecular weight is 346 g/mol. The van der Waals surface area contributed by atoms with Crippen LogP contribution in [0.15, 0.2) is 18.2 Å². The molecule has 1 aromatic rings. The van der Waals surface area contributed by atoms with E-state index in [4.69, 9.17) is 10.00 Å². The van der Waals surface area contributed by atoms with Crippen LogP contribution >= 0.6 is 0 Å². The number of carbonyl (C=O) groups excluding carboxylic acids is 1. The highest BCUT2D eigenvalue weighted by Crippen LogP contribution is 2.15. The molecule has 0 atom stereocenters. The summed E-state index contributed by atoms with van der Waals surface area (Å²) in [5, 5.41) is 9.15. The molecule has 134 valence electrons. The number of nitrogens with zero attached hydrogens (tertiary/aromatic N) is 4. The van der Waals surface area contributed by atoms with Gasteiger partial charge in [-0.05, 0) is 23.8 Å². The van der Waals surface area contributed by atoms with Gasteiger partial charge in [-0.25, -0.2) is 4.39 Å². The molecule has 25 heavy (non-hydrogen) atoms. The van der Waals surface area contributed by atoms with Gasteiger partial charge in [0.1, 0.15) is 5.82 Å². The topological polar surface area (TPSA) is 59.8 Å². The first-order chi connectivity index (χ1) is 12.2. The van der Waals surface area contributed by atoms with Crippen molar-refractivity contribution >= 4 is 5.91 Å². The molecule has 2 fully saturated rings. The second-order valence-electron chi connectivity index (χ2n) is 6.46. The van der Waals surface area contributed by atoms with Crippen molar-refractivity contribution in [2.75, 3.05) is 59.0 Å². The Morgan fingerprint density at radius 2 is 1.84 bits per heavy atom. The number of nitriles is 1. The molecule has 0 radical (unpaired) electrons. The van der Waals surface area contributed by atoms with E-state index in [1.54, 1.807) is 0 Å². The van der Waals surface area contributed by atoms with Crippen molar-refractivity contribution < 1.29 is 13.9 Å². The first-order valence-electron chi connectivity index (χ1n) is 8.64. The average Bonchev–Trinajstić information content (AvgIpc) is 2.63. The molecule has 3 rings (SSSR count). The number of carbonyl (C=O) groups is 1. The zero-order valence-electron chi connectivity index (χ0n) is 14.3. The van der Waals surface area contributed by atoms with E-state index in [0.717, 1.165) is 26.2 Å². The number of amides is 1. The minimum Gasteiger partial charge on any atom is -0.379 e. The molecule has 0 unspecified atom stereocenters. The summed E-state index contributed by atoms with van der Waals surface area (Å²) in [6.07, 6.45) is 0. The summed E-state index contributed by atoms with van der Waals surface area (Å²) in [5.74, 6) is -0.168.